The third kappa shape index (κ3) is 2.77. The maximum Gasteiger partial charge on any atom is 0.275 e. The number of rotatable bonds is 5. The SMILES string of the molecule is CN(CCCO)C(=O)c1cc(-c2cccs2)on1. The van der Waals surface area contributed by atoms with Crippen molar-refractivity contribution >= 4 is 17.2 Å². The van der Waals surface area contributed by atoms with Crippen molar-refractivity contribution in [3.63, 3.8) is 0 Å². The molecular formula is C12H14N2O3S. The highest BCUT2D eigenvalue weighted by Crippen LogP contribution is 2.25. The van der Waals surface area contributed by atoms with Crippen LogP contribution in [0.1, 0.15) is 16.9 Å². The summed E-state index contributed by atoms with van der Waals surface area (Å²) in [6, 6.07) is 5.47. The summed E-state index contributed by atoms with van der Waals surface area (Å²) in [7, 11) is 1.68. The number of aromatic nitrogens is 1. The fourth-order valence-electron chi connectivity index (χ4n) is 1.52. The third-order valence-electron chi connectivity index (χ3n) is 2.49. The molecule has 2 aromatic heterocycles. The molecule has 0 aliphatic heterocycles. The van der Waals surface area contributed by atoms with Crippen molar-refractivity contribution in [2.24, 2.45) is 0 Å². The number of thiophene rings is 1. The summed E-state index contributed by atoms with van der Waals surface area (Å²) in [6.45, 7) is 0.563. The number of nitrogens with zero attached hydrogens (tertiary/aromatic N) is 2. The van der Waals surface area contributed by atoms with E-state index in [-0.39, 0.29) is 12.5 Å². The van der Waals surface area contributed by atoms with Gasteiger partial charge in [-0.25, -0.2) is 0 Å². The van der Waals surface area contributed by atoms with E-state index in [1.807, 2.05) is 17.5 Å². The predicted molar refractivity (Wildman–Crippen MR) is 68.5 cm³/mol. The molecule has 2 aromatic rings. The van der Waals surface area contributed by atoms with Gasteiger partial charge in [-0.3, -0.25) is 4.79 Å². The number of carbonyl (C=O) groups excluding carboxylic acids is 1. The van der Waals surface area contributed by atoms with Crippen LogP contribution in [-0.2, 0) is 0 Å². The molecule has 0 aliphatic carbocycles. The lowest BCUT2D eigenvalue weighted by molar-refractivity contribution is 0.0776. The Kier molecular flexibility index (Phi) is 4.11. The Labute approximate surface area is 109 Å². The first-order chi connectivity index (χ1) is 8.72. The second kappa shape index (κ2) is 5.79. The van der Waals surface area contributed by atoms with Crippen LogP contribution in [-0.4, -0.2) is 41.3 Å². The highest BCUT2D eigenvalue weighted by Gasteiger charge is 2.17. The van der Waals surface area contributed by atoms with E-state index in [0.717, 1.165) is 4.88 Å². The van der Waals surface area contributed by atoms with Crippen molar-refractivity contribution in [3.05, 3.63) is 29.3 Å². The monoisotopic (exact) mass is 266 g/mol. The van der Waals surface area contributed by atoms with Crippen LogP contribution in [0.4, 0.5) is 0 Å². The minimum Gasteiger partial charge on any atom is -0.396 e. The van der Waals surface area contributed by atoms with Gasteiger partial charge < -0.3 is 14.5 Å². The minimum atomic E-state index is -0.199. The van der Waals surface area contributed by atoms with Gasteiger partial charge in [0.15, 0.2) is 11.5 Å². The van der Waals surface area contributed by atoms with E-state index in [4.69, 9.17) is 9.63 Å². The van der Waals surface area contributed by atoms with E-state index >= 15 is 0 Å². The molecule has 1 N–H and O–H groups in total. The van der Waals surface area contributed by atoms with Gasteiger partial charge in [0.25, 0.3) is 5.91 Å². The molecular weight excluding hydrogens is 252 g/mol. The first kappa shape index (κ1) is 12.8. The van der Waals surface area contributed by atoms with Crippen molar-refractivity contribution in [1.82, 2.24) is 10.1 Å². The average Bonchev–Trinajstić information content (AvgIpc) is 3.04. The van der Waals surface area contributed by atoms with Crippen LogP contribution in [0, 0.1) is 0 Å². The van der Waals surface area contributed by atoms with Crippen LogP contribution >= 0.6 is 11.3 Å². The number of aliphatic hydroxyl groups excluding tert-OH is 1. The summed E-state index contributed by atoms with van der Waals surface area (Å²) in [6.07, 6.45) is 0.553. The molecule has 1 amide bonds. The highest BCUT2D eigenvalue weighted by atomic mass is 32.1. The quantitative estimate of drug-likeness (QED) is 0.897. The van der Waals surface area contributed by atoms with Gasteiger partial charge in [-0.2, -0.15) is 0 Å². The number of hydrogen-bond donors (Lipinski definition) is 1. The largest absolute Gasteiger partial charge is 0.396 e. The number of carbonyl (C=O) groups is 1. The van der Waals surface area contributed by atoms with Crippen LogP contribution in [0.3, 0.4) is 0 Å². The van der Waals surface area contributed by atoms with Crippen molar-refractivity contribution in [2.45, 2.75) is 6.42 Å². The third-order valence-corrected chi connectivity index (χ3v) is 3.38. The molecule has 0 atom stereocenters. The van der Waals surface area contributed by atoms with Gasteiger partial charge in [-0.05, 0) is 17.9 Å². The lowest BCUT2D eigenvalue weighted by Gasteiger charge is -2.14. The molecule has 0 aromatic carbocycles. The molecule has 2 rings (SSSR count). The lowest BCUT2D eigenvalue weighted by Crippen LogP contribution is -2.28. The molecule has 0 radical (unpaired) electrons. The van der Waals surface area contributed by atoms with Crippen molar-refractivity contribution in [3.8, 4) is 10.6 Å². The first-order valence-corrected chi connectivity index (χ1v) is 6.47. The lowest BCUT2D eigenvalue weighted by atomic mass is 10.3. The summed E-state index contributed by atoms with van der Waals surface area (Å²) in [5, 5.41) is 14.4. The van der Waals surface area contributed by atoms with Crippen molar-refractivity contribution < 1.29 is 14.4 Å². The standard InChI is InChI=1S/C12H14N2O3S/c1-14(5-3-6-15)12(16)9-8-10(17-13-9)11-4-2-7-18-11/h2,4,7-8,15H,3,5-6H2,1H3. The Morgan fingerprint density at radius 2 is 2.44 bits per heavy atom. The number of hydrogen-bond acceptors (Lipinski definition) is 5. The fourth-order valence-corrected chi connectivity index (χ4v) is 2.19. The first-order valence-electron chi connectivity index (χ1n) is 5.59. The summed E-state index contributed by atoms with van der Waals surface area (Å²) in [5.41, 5.74) is 0.291. The molecule has 2 heterocycles. The highest BCUT2D eigenvalue weighted by molar-refractivity contribution is 7.13. The van der Waals surface area contributed by atoms with E-state index in [2.05, 4.69) is 5.16 Å². The predicted octanol–water partition coefficient (Wildman–Crippen LogP) is 1.86. The van der Waals surface area contributed by atoms with Gasteiger partial charge in [-0.1, -0.05) is 11.2 Å². The molecule has 0 saturated carbocycles. The topological polar surface area (TPSA) is 66.6 Å². The van der Waals surface area contributed by atoms with Crippen LogP contribution in [0.2, 0.25) is 0 Å². The second-order valence-electron chi connectivity index (χ2n) is 3.86. The molecule has 0 fully saturated rings. The zero-order valence-electron chi connectivity index (χ0n) is 10.00. The Morgan fingerprint density at radius 3 is 3.11 bits per heavy atom. The molecule has 0 unspecified atom stereocenters. The Bertz CT molecular complexity index is 507. The summed E-state index contributed by atoms with van der Waals surface area (Å²) < 4.78 is 5.15. The Balaban J connectivity index is 2.08. The fraction of sp³-hybridized carbons (Fsp3) is 0.333. The van der Waals surface area contributed by atoms with Gasteiger partial charge in [0, 0.05) is 26.3 Å². The van der Waals surface area contributed by atoms with E-state index in [9.17, 15) is 4.79 Å². The van der Waals surface area contributed by atoms with Gasteiger partial charge in [0.05, 0.1) is 4.88 Å². The summed E-state index contributed by atoms with van der Waals surface area (Å²) in [5.74, 6) is 0.402. The Hall–Kier alpha value is -1.66. The van der Waals surface area contributed by atoms with Crippen LogP contribution < -0.4 is 0 Å². The molecule has 0 saturated heterocycles. The maximum atomic E-state index is 12.0. The van der Waals surface area contributed by atoms with E-state index in [1.54, 1.807) is 13.1 Å². The van der Waals surface area contributed by atoms with Crippen LogP contribution in [0.5, 0.6) is 0 Å². The van der Waals surface area contributed by atoms with Gasteiger partial charge in [-0.15, -0.1) is 11.3 Å². The molecule has 96 valence electrons. The van der Waals surface area contributed by atoms with Gasteiger partial charge in [0.1, 0.15) is 0 Å². The molecule has 0 aliphatic rings. The smallest absolute Gasteiger partial charge is 0.275 e. The average molecular weight is 266 g/mol. The van der Waals surface area contributed by atoms with Crippen molar-refractivity contribution in [2.75, 3.05) is 20.2 Å². The number of amides is 1. The zero-order valence-corrected chi connectivity index (χ0v) is 10.8. The van der Waals surface area contributed by atoms with Crippen LogP contribution in [0.25, 0.3) is 10.6 Å². The van der Waals surface area contributed by atoms with Crippen LogP contribution in [0.15, 0.2) is 28.1 Å². The normalized spacial score (nSPS) is 10.6. The van der Waals surface area contributed by atoms with E-state index < -0.39 is 0 Å². The van der Waals surface area contributed by atoms with E-state index in [1.165, 1.54) is 16.2 Å². The Morgan fingerprint density at radius 1 is 1.61 bits per heavy atom. The maximum absolute atomic E-state index is 12.0. The molecule has 5 nitrogen and oxygen atoms in total. The summed E-state index contributed by atoms with van der Waals surface area (Å²) >= 11 is 1.53. The molecule has 0 bridgehead atoms. The minimum absolute atomic E-state index is 0.0664. The molecule has 18 heavy (non-hydrogen) atoms. The molecule has 6 heteroatoms. The van der Waals surface area contributed by atoms with Crippen molar-refractivity contribution in [1.29, 1.82) is 0 Å². The van der Waals surface area contributed by atoms with Gasteiger partial charge >= 0.3 is 0 Å². The van der Waals surface area contributed by atoms with Gasteiger partial charge in [0.2, 0.25) is 0 Å². The number of aliphatic hydroxyl groups is 1. The summed E-state index contributed by atoms with van der Waals surface area (Å²) in [4.78, 5) is 14.4. The molecule has 0 spiro atoms. The van der Waals surface area contributed by atoms with E-state index in [0.29, 0.717) is 24.4 Å². The zero-order chi connectivity index (χ0) is 13.0. The second-order valence-corrected chi connectivity index (χ2v) is 4.81.